The molecule has 2 aromatic rings. The van der Waals surface area contributed by atoms with Gasteiger partial charge in [0.2, 0.25) is 0 Å². The van der Waals surface area contributed by atoms with Crippen molar-refractivity contribution in [2.75, 3.05) is 6.54 Å². The van der Waals surface area contributed by atoms with Crippen LogP contribution in [0, 0.1) is 0 Å². The predicted octanol–water partition coefficient (Wildman–Crippen LogP) is 2.08. The number of phenolic OH excluding ortho intramolecular Hbond substituents is 1. The van der Waals surface area contributed by atoms with Crippen molar-refractivity contribution in [2.24, 2.45) is 4.99 Å². The molecular weight excluding hydrogens is 216 g/mol. The number of phenols is 1. The van der Waals surface area contributed by atoms with Gasteiger partial charge in [0.05, 0.1) is 0 Å². The van der Waals surface area contributed by atoms with Gasteiger partial charge >= 0.3 is 0 Å². The van der Waals surface area contributed by atoms with Crippen LogP contribution in [0.5, 0.6) is 5.75 Å². The molecule has 0 atom stereocenters. The first-order valence-corrected chi connectivity index (χ1v) is 5.52. The van der Waals surface area contributed by atoms with Gasteiger partial charge in [0, 0.05) is 36.3 Å². The molecule has 0 saturated carbocycles. The molecule has 1 aromatic heterocycles. The molecule has 4 nitrogen and oxygen atoms in total. The fourth-order valence-electron chi connectivity index (χ4n) is 1.77. The lowest BCUT2D eigenvalue weighted by atomic mass is 10.1. The number of aromatic amines is 1. The second kappa shape index (κ2) is 5.30. The predicted molar refractivity (Wildman–Crippen MR) is 67.7 cm³/mol. The molecule has 1 aromatic carbocycles. The van der Waals surface area contributed by atoms with Gasteiger partial charge in [-0.1, -0.05) is 0 Å². The number of aldehydes is 1. The monoisotopic (exact) mass is 230 g/mol. The zero-order chi connectivity index (χ0) is 12.1. The molecule has 0 fully saturated rings. The lowest BCUT2D eigenvalue weighted by molar-refractivity contribution is -0.106. The summed E-state index contributed by atoms with van der Waals surface area (Å²) in [5.41, 5.74) is 2.13. The summed E-state index contributed by atoms with van der Waals surface area (Å²) in [7, 11) is 0. The summed E-state index contributed by atoms with van der Waals surface area (Å²) >= 11 is 0. The van der Waals surface area contributed by atoms with Gasteiger partial charge in [-0.2, -0.15) is 0 Å². The van der Waals surface area contributed by atoms with Crippen LogP contribution in [-0.4, -0.2) is 29.1 Å². The van der Waals surface area contributed by atoms with Gasteiger partial charge in [-0.05, 0) is 30.2 Å². The minimum atomic E-state index is 0.266. The molecule has 0 aliphatic rings. The Morgan fingerprint density at radius 3 is 3.12 bits per heavy atom. The van der Waals surface area contributed by atoms with Crippen molar-refractivity contribution in [2.45, 2.75) is 12.8 Å². The molecule has 0 aliphatic heterocycles. The molecule has 0 saturated heterocycles. The zero-order valence-corrected chi connectivity index (χ0v) is 9.39. The van der Waals surface area contributed by atoms with E-state index in [2.05, 4.69) is 9.98 Å². The number of nitrogens with zero attached hydrogens (tertiary/aromatic N) is 1. The van der Waals surface area contributed by atoms with Crippen LogP contribution < -0.4 is 0 Å². The molecule has 1 heterocycles. The third kappa shape index (κ3) is 2.72. The van der Waals surface area contributed by atoms with E-state index in [0.717, 1.165) is 29.2 Å². The Balaban J connectivity index is 2.08. The van der Waals surface area contributed by atoms with Gasteiger partial charge in [-0.25, -0.2) is 0 Å². The molecule has 0 aliphatic carbocycles. The largest absolute Gasteiger partial charge is 0.508 e. The van der Waals surface area contributed by atoms with E-state index in [9.17, 15) is 9.90 Å². The van der Waals surface area contributed by atoms with Crippen LogP contribution in [0.15, 0.2) is 29.4 Å². The van der Waals surface area contributed by atoms with Crippen LogP contribution in [0.2, 0.25) is 0 Å². The highest BCUT2D eigenvalue weighted by atomic mass is 16.3. The number of aliphatic imine (C=N–C) groups is 1. The highest BCUT2D eigenvalue weighted by Gasteiger charge is 2.03. The summed E-state index contributed by atoms with van der Waals surface area (Å²) in [4.78, 5) is 17.4. The van der Waals surface area contributed by atoms with Crippen LogP contribution in [0.4, 0.5) is 0 Å². The average molecular weight is 230 g/mol. The normalized spacial score (nSPS) is 11.3. The molecule has 17 heavy (non-hydrogen) atoms. The first-order valence-electron chi connectivity index (χ1n) is 5.52. The maximum atomic E-state index is 10.1. The highest BCUT2D eigenvalue weighted by Crippen LogP contribution is 2.23. The summed E-state index contributed by atoms with van der Waals surface area (Å²) in [6.45, 7) is 0.649. The van der Waals surface area contributed by atoms with E-state index in [1.807, 2.05) is 12.3 Å². The number of H-pyrrole nitrogens is 1. The van der Waals surface area contributed by atoms with Gasteiger partial charge in [-0.15, -0.1) is 0 Å². The highest BCUT2D eigenvalue weighted by molar-refractivity contribution is 5.84. The maximum absolute atomic E-state index is 10.1. The van der Waals surface area contributed by atoms with E-state index < -0.39 is 0 Å². The fourth-order valence-corrected chi connectivity index (χ4v) is 1.77. The maximum Gasteiger partial charge on any atom is 0.125 e. The van der Waals surface area contributed by atoms with E-state index in [-0.39, 0.29) is 5.75 Å². The summed E-state index contributed by atoms with van der Waals surface area (Å²) in [6.07, 6.45) is 5.54. The van der Waals surface area contributed by atoms with E-state index in [4.69, 9.17) is 0 Å². The van der Waals surface area contributed by atoms with Crippen LogP contribution in [0.3, 0.4) is 0 Å². The summed E-state index contributed by atoms with van der Waals surface area (Å²) in [5, 5.41) is 10.5. The molecule has 0 bridgehead atoms. The standard InChI is InChI=1S/C13H14N2O2/c16-7-1-5-14-6-4-10-9-15-13-3-2-11(17)8-12(10)13/h2-3,5,7-9,15,17H,1,4,6H2. The Bertz CT molecular complexity index is 543. The number of aromatic nitrogens is 1. The molecular formula is C13H14N2O2. The molecule has 2 N–H and O–H groups in total. The van der Waals surface area contributed by atoms with Crippen LogP contribution in [0.1, 0.15) is 12.0 Å². The number of rotatable bonds is 5. The van der Waals surface area contributed by atoms with Gasteiger partial charge in [0.1, 0.15) is 12.0 Å². The number of carbonyl (C=O) groups is 1. The minimum Gasteiger partial charge on any atom is -0.508 e. The number of benzene rings is 1. The zero-order valence-electron chi connectivity index (χ0n) is 9.39. The molecule has 4 heteroatoms. The Morgan fingerprint density at radius 1 is 1.41 bits per heavy atom. The van der Waals surface area contributed by atoms with Crippen molar-refractivity contribution >= 4 is 23.4 Å². The molecule has 0 unspecified atom stereocenters. The average Bonchev–Trinajstić information content (AvgIpc) is 2.72. The number of hydrogen-bond acceptors (Lipinski definition) is 3. The Labute approximate surface area is 99.0 Å². The topological polar surface area (TPSA) is 65.5 Å². The Kier molecular flexibility index (Phi) is 3.55. The number of nitrogens with one attached hydrogen (secondary N) is 1. The van der Waals surface area contributed by atoms with Crippen LogP contribution >= 0.6 is 0 Å². The Hall–Kier alpha value is -2.10. The summed E-state index contributed by atoms with van der Waals surface area (Å²) in [5.74, 6) is 0.266. The molecule has 88 valence electrons. The smallest absolute Gasteiger partial charge is 0.125 e. The van der Waals surface area contributed by atoms with Gasteiger partial charge in [0.15, 0.2) is 0 Å². The molecule has 0 spiro atoms. The van der Waals surface area contributed by atoms with Crippen LogP contribution in [0.25, 0.3) is 10.9 Å². The molecule has 0 radical (unpaired) electrons. The van der Waals surface area contributed by atoms with Gasteiger partial charge in [-0.3, -0.25) is 4.99 Å². The second-order valence-electron chi connectivity index (χ2n) is 3.78. The van der Waals surface area contributed by atoms with Crippen molar-refractivity contribution in [3.8, 4) is 5.75 Å². The number of fused-ring (bicyclic) bond motifs is 1. The third-order valence-electron chi connectivity index (χ3n) is 2.59. The SMILES string of the molecule is O=CCC=NCCc1c[nH]c2ccc(O)cc12. The number of carbonyl (C=O) groups excluding carboxylic acids is 1. The lowest BCUT2D eigenvalue weighted by Gasteiger charge is -1.97. The summed E-state index contributed by atoms with van der Waals surface area (Å²) in [6, 6.07) is 5.25. The van der Waals surface area contributed by atoms with E-state index in [0.29, 0.717) is 13.0 Å². The minimum absolute atomic E-state index is 0.266. The van der Waals surface area contributed by atoms with Gasteiger partial charge < -0.3 is 14.9 Å². The second-order valence-corrected chi connectivity index (χ2v) is 3.78. The van der Waals surface area contributed by atoms with E-state index in [1.54, 1.807) is 18.3 Å². The fraction of sp³-hybridized carbons (Fsp3) is 0.231. The van der Waals surface area contributed by atoms with Gasteiger partial charge in [0.25, 0.3) is 0 Å². The van der Waals surface area contributed by atoms with Crippen molar-refractivity contribution in [1.82, 2.24) is 4.98 Å². The third-order valence-corrected chi connectivity index (χ3v) is 2.59. The first kappa shape index (κ1) is 11.4. The van der Waals surface area contributed by atoms with Crippen molar-refractivity contribution < 1.29 is 9.90 Å². The quantitative estimate of drug-likeness (QED) is 0.610. The van der Waals surface area contributed by atoms with E-state index >= 15 is 0 Å². The number of hydrogen-bond donors (Lipinski definition) is 2. The first-order chi connectivity index (χ1) is 8.31. The summed E-state index contributed by atoms with van der Waals surface area (Å²) < 4.78 is 0. The van der Waals surface area contributed by atoms with Crippen LogP contribution in [-0.2, 0) is 11.2 Å². The number of aromatic hydroxyl groups is 1. The van der Waals surface area contributed by atoms with E-state index in [1.165, 1.54) is 0 Å². The van der Waals surface area contributed by atoms with Crippen molar-refractivity contribution in [1.29, 1.82) is 0 Å². The molecule has 2 rings (SSSR count). The Morgan fingerprint density at radius 2 is 2.29 bits per heavy atom. The lowest BCUT2D eigenvalue weighted by Crippen LogP contribution is -1.89. The van der Waals surface area contributed by atoms with Crippen molar-refractivity contribution in [3.63, 3.8) is 0 Å². The van der Waals surface area contributed by atoms with Crippen molar-refractivity contribution in [3.05, 3.63) is 30.0 Å². The molecule has 0 amide bonds.